The number of benzene rings is 1. The molecule has 0 aliphatic carbocycles. The van der Waals surface area contributed by atoms with Gasteiger partial charge < -0.3 is 9.88 Å². The molecule has 108 valence electrons. The minimum atomic E-state index is 0.317. The molecule has 0 saturated carbocycles. The van der Waals surface area contributed by atoms with Gasteiger partial charge in [-0.15, -0.1) is 0 Å². The average molecular weight is 291 g/mol. The maximum Gasteiger partial charge on any atom is 0.0406 e. The van der Waals surface area contributed by atoms with E-state index < -0.39 is 0 Å². The van der Waals surface area contributed by atoms with Crippen molar-refractivity contribution in [1.29, 1.82) is 0 Å². The first-order chi connectivity index (χ1) is 9.52. The van der Waals surface area contributed by atoms with Gasteiger partial charge in [0.15, 0.2) is 0 Å². The van der Waals surface area contributed by atoms with Crippen LogP contribution in [0, 0.1) is 13.8 Å². The lowest BCUT2D eigenvalue weighted by Crippen LogP contribution is -2.18. The first-order valence-electron chi connectivity index (χ1n) is 7.17. The molecule has 0 fully saturated rings. The number of rotatable bonds is 5. The third-order valence-corrected chi connectivity index (χ3v) is 4.22. The zero-order valence-corrected chi connectivity index (χ0v) is 13.5. The zero-order valence-electron chi connectivity index (χ0n) is 12.7. The molecule has 1 aromatic heterocycles. The number of nitrogens with one attached hydrogen (secondary N) is 1. The van der Waals surface area contributed by atoms with E-state index in [0.717, 1.165) is 18.1 Å². The highest BCUT2D eigenvalue weighted by atomic mass is 35.5. The number of aryl methyl sites for hydroxylation is 1. The van der Waals surface area contributed by atoms with Crippen LogP contribution in [0.15, 0.2) is 30.3 Å². The van der Waals surface area contributed by atoms with Crippen molar-refractivity contribution in [2.45, 2.75) is 46.8 Å². The summed E-state index contributed by atoms with van der Waals surface area (Å²) in [5.74, 6) is 0. The molecule has 2 nitrogen and oxygen atoms in total. The lowest BCUT2D eigenvalue weighted by molar-refractivity contribution is 0.571. The Morgan fingerprint density at radius 1 is 1.20 bits per heavy atom. The minimum Gasteiger partial charge on any atom is -0.349 e. The van der Waals surface area contributed by atoms with Gasteiger partial charge in [-0.1, -0.05) is 23.7 Å². The summed E-state index contributed by atoms with van der Waals surface area (Å²) in [6, 6.07) is 10.6. The second-order valence-electron chi connectivity index (χ2n) is 5.29. The predicted molar refractivity (Wildman–Crippen MR) is 86.3 cm³/mol. The molecule has 2 rings (SSSR count). The number of aromatic nitrogens is 1. The summed E-state index contributed by atoms with van der Waals surface area (Å²) in [5, 5.41) is 4.37. The molecule has 0 aliphatic heterocycles. The average Bonchev–Trinajstić information content (AvgIpc) is 2.71. The third-order valence-electron chi connectivity index (χ3n) is 3.96. The van der Waals surface area contributed by atoms with Crippen LogP contribution in [0.3, 0.4) is 0 Å². The summed E-state index contributed by atoms with van der Waals surface area (Å²) in [5.41, 5.74) is 5.34. The molecule has 1 N–H and O–H groups in total. The van der Waals surface area contributed by atoms with Crippen molar-refractivity contribution in [3.05, 3.63) is 57.9 Å². The van der Waals surface area contributed by atoms with Gasteiger partial charge in [0.25, 0.3) is 0 Å². The van der Waals surface area contributed by atoms with Crippen LogP contribution in [0.5, 0.6) is 0 Å². The lowest BCUT2D eigenvalue weighted by atomic mass is 10.1. The van der Waals surface area contributed by atoms with Crippen molar-refractivity contribution in [2.75, 3.05) is 0 Å². The molecule has 0 bridgehead atoms. The van der Waals surface area contributed by atoms with Crippen LogP contribution in [-0.2, 0) is 13.1 Å². The Morgan fingerprint density at radius 3 is 2.40 bits per heavy atom. The Morgan fingerprint density at radius 2 is 1.85 bits per heavy atom. The van der Waals surface area contributed by atoms with Crippen LogP contribution in [-0.4, -0.2) is 4.57 Å². The van der Waals surface area contributed by atoms with E-state index in [1.807, 2.05) is 12.1 Å². The fraction of sp³-hybridized carbons (Fsp3) is 0.412. The standard InChI is InChI=1S/C17H23ClN2/c1-5-20-12(2)10-16(14(20)4)11-19-13(3)15-6-8-17(18)9-7-15/h6-10,13,19H,5,11H2,1-4H3. The molecule has 0 spiro atoms. The molecule has 0 amide bonds. The molecular formula is C17H23ClN2. The summed E-state index contributed by atoms with van der Waals surface area (Å²) in [6.07, 6.45) is 0. The topological polar surface area (TPSA) is 17.0 Å². The molecule has 1 aromatic carbocycles. The SMILES string of the molecule is CCn1c(C)cc(CNC(C)c2ccc(Cl)cc2)c1C. The van der Waals surface area contributed by atoms with Crippen LogP contribution in [0.1, 0.15) is 42.4 Å². The first kappa shape index (κ1) is 15.1. The molecule has 2 aromatic rings. The number of nitrogens with zero attached hydrogens (tertiary/aromatic N) is 1. The maximum absolute atomic E-state index is 5.92. The quantitative estimate of drug-likeness (QED) is 0.849. The van der Waals surface area contributed by atoms with Crippen LogP contribution in [0.4, 0.5) is 0 Å². The summed E-state index contributed by atoms with van der Waals surface area (Å²) in [7, 11) is 0. The van der Waals surface area contributed by atoms with E-state index in [0.29, 0.717) is 6.04 Å². The van der Waals surface area contributed by atoms with Gasteiger partial charge in [0.2, 0.25) is 0 Å². The van der Waals surface area contributed by atoms with Gasteiger partial charge in [-0.2, -0.15) is 0 Å². The van der Waals surface area contributed by atoms with Crippen molar-refractivity contribution >= 4 is 11.6 Å². The van der Waals surface area contributed by atoms with Gasteiger partial charge in [0.05, 0.1) is 0 Å². The lowest BCUT2D eigenvalue weighted by Gasteiger charge is -2.14. The van der Waals surface area contributed by atoms with Crippen molar-refractivity contribution in [3.8, 4) is 0 Å². The Balaban J connectivity index is 2.03. The Kier molecular flexibility index (Phi) is 4.90. The smallest absolute Gasteiger partial charge is 0.0406 e. The zero-order chi connectivity index (χ0) is 14.7. The molecule has 1 heterocycles. The van der Waals surface area contributed by atoms with E-state index in [-0.39, 0.29) is 0 Å². The van der Waals surface area contributed by atoms with Crippen LogP contribution >= 0.6 is 11.6 Å². The summed E-state index contributed by atoms with van der Waals surface area (Å²) >= 11 is 5.92. The summed E-state index contributed by atoms with van der Waals surface area (Å²) < 4.78 is 2.35. The maximum atomic E-state index is 5.92. The third kappa shape index (κ3) is 3.25. The second kappa shape index (κ2) is 6.47. The number of halogens is 1. The second-order valence-corrected chi connectivity index (χ2v) is 5.73. The van der Waals surface area contributed by atoms with Gasteiger partial charge in [-0.3, -0.25) is 0 Å². The van der Waals surface area contributed by atoms with Crippen LogP contribution < -0.4 is 5.32 Å². The molecule has 3 heteroatoms. The molecule has 1 unspecified atom stereocenters. The van der Waals surface area contributed by atoms with E-state index in [1.54, 1.807) is 0 Å². The fourth-order valence-corrected chi connectivity index (χ4v) is 2.80. The molecule has 0 radical (unpaired) electrons. The minimum absolute atomic E-state index is 0.317. The molecule has 0 aliphatic rings. The van der Waals surface area contributed by atoms with E-state index in [9.17, 15) is 0 Å². The normalized spacial score (nSPS) is 12.7. The highest BCUT2D eigenvalue weighted by Crippen LogP contribution is 2.19. The summed E-state index contributed by atoms with van der Waals surface area (Å²) in [6.45, 7) is 10.7. The number of hydrogen-bond donors (Lipinski definition) is 1. The van der Waals surface area contributed by atoms with Gasteiger partial charge in [0.1, 0.15) is 0 Å². The molecule has 20 heavy (non-hydrogen) atoms. The van der Waals surface area contributed by atoms with Gasteiger partial charge >= 0.3 is 0 Å². The van der Waals surface area contributed by atoms with E-state index in [4.69, 9.17) is 11.6 Å². The fourth-order valence-electron chi connectivity index (χ4n) is 2.67. The van der Waals surface area contributed by atoms with Crippen molar-refractivity contribution in [3.63, 3.8) is 0 Å². The van der Waals surface area contributed by atoms with Crippen molar-refractivity contribution < 1.29 is 0 Å². The Hall–Kier alpha value is -1.25. The summed E-state index contributed by atoms with van der Waals surface area (Å²) in [4.78, 5) is 0. The van der Waals surface area contributed by atoms with Crippen LogP contribution in [0.25, 0.3) is 0 Å². The Labute approximate surface area is 126 Å². The highest BCUT2D eigenvalue weighted by molar-refractivity contribution is 6.30. The van der Waals surface area contributed by atoms with Crippen molar-refractivity contribution in [1.82, 2.24) is 9.88 Å². The van der Waals surface area contributed by atoms with Crippen molar-refractivity contribution in [2.24, 2.45) is 0 Å². The van der Waals surface area contributed by atoms with E-state index >= 15 is 0 Å². The first-order valence-corrected chi connectivity index (χ1v) is 7.55. The number of hydrogen-bond acceptors (Lipinski definition) is 1. The molecule has 1 atom stereocenters. The Bertz CT molecular complexity index is 569. The monoisotopic (exact) mass is 290 g/mol. The molecular weight excluding hydrogens is 268 g/mol. The van der Waals surface area contributed by atoms with E-state index in [1.165, 1.54) is 22.5 Å². The van der Waals surface area contributed by atoms with Gasteiger partial charge in [-0.25, -0.2) is 0 Å². The largest absolute Gasteiger partial charge is 0.349 e. The van der Waals surface area contributed by atoms with E-state index in [2.05, 4.69) is 55.8 Å². The molecule has 0 saturated heterocycles. The van der Waals surface area contributed by atoms with Crippen LogP contribution in [0.2, 0.25) is 5.02 Å². The predicted octanol–water partition coefficient (Wildman–Crippen LogP) is 4.63. The van der Waals surface area contributed by atoms with Gasteiger partial charge in [0, 0.05) is 35.5 Å². The highest BCUT2D eigenvalue weighted by Gasteiger charge is 2.10. The van der Waals surface area contributed by atoms with Gasteiger partial charge in [-0.05, 0) is 57.0 Å².